The first-order chi connectivity index (χ1) is 8.80. The number of hydrogen-bond donors (Lipinski definition) is 2. The van der Waals surface area contributed by atoms with E-state index in [1.54, 1.807) is 4.90 Å². The standard InChI is InChI=1S/C13H24N2O4/c1-13(2,3)15(6-4-12(17)18)11(16)8-10-9-14-5-7-19-10/h10,14H,4-9H2,1-3H3,(H,17,18). The Balaban J connectivity index is 2.57. The first kappa shape index (κ1) is 15.9. The third-order valence-corrected chi connectivity index (χ3v) is 3.07. The number of aliphatic carboxylic acids is 1. The van der Waals surface area contributed by atoms with E-state index in [1.807, 2.05) is 20.8 Å². The van der Waals surface area contributed by atoms with Crippen molar-refractivity contribution in [3.63, 3.8) is 0 Å². The second-order valence-electron chi connectivity index (χ2n) is 5.76. The molecule has 2 N–H and O–H groups in total. The average molecular weight is 272 g/mol. The minimum Gasteiger partial charge on any atom is -0.481 e. The van der Waals surface area contributed by atoms with E-state index in [1.165, 1.54) is 0 Å². The summed E-state index contributed by atoms with van der Waals surface area (Å²) in [6, 6.07) is 0. The van der Waals surface area contributed by atoms with Gasteiger partial charge in [-0.25, -0.2) is 0 Å². The van der Waals surface area contributed by atoms with Gasteiger partial charge < -0.3 is 20.1 Å². The van der Waals surface area contributed by atoms with Gasteiger partial charge in [-0.1, -0.05) is 0 Å². The number of carbonyl (C=O) groups is 2. The van der Waals surface area contributed by atoms with Crippen molar-refractivity contribution in [2.24, 2.45) is 0 Å². The van der Waals surface area contributed by atoms with Crippen LogP contribution in [0.25, 0.3) is 0 Å². The van der Waals surface area contributed by atoms with Crippen molar-refractivity contribution >= 4 is 11.9 Å². The van der Waals surface area contributed by atoms with Crippen LogP contribution in [-0.2, 0) is 14.3 Å². The number of nitrogens with zero attached hydrogens (tertiary/aromatic N) is 1. The summed E-state index contributed by atoms with van der Waals surface area (Å²) in [5.74, 6) is -0.944. The van der Waals surface area contributed by atoms with Crippen molar-refractivity contribution in [1.29, 1.82) is 0 Å². The maximum atomic E-state index is 12.3. The number of carboxylic acid groups (broad SMARTS) is 1. The molecule has 1 atom stereocenters. The SMILES string of the molecule is CC(C)(C)N(CCC(=O)O)C(=O)CC1CNCCO1. The maximum Gasteiger partial charge on any atom is 0.305 e. The molecule has 0 aromatic carbocycles. The minimum absolute atomic E-state index is 0.0349. The zero-order valence-corrected chi connectivity index (χ0v) is 11.9. The molecule has 6 heteroatoms. The summed E-state index contributed by atoms with van der Waals surface area (Å²) < 4.78 is 5.51. The van der Waals surface area contributed by atoms with Crippen molar-refractivity contribution in [3.8, 4) is 0 Å². The molecule has 0 aromatic rings. The number of carbonyl (C=O) groups excluding carboxylic acids is 1. The van der Waals surface area contributed by atoms with Gasteiger partial charge in [0.1, 0.15) is 0 Å². The molecule has 1 aliphatic rings. The van der Waals surface area contributed by atoms with Crippen LogP contribution in [-0.4, -0.2) is 59.8 Å². The van der Waals surface area contributed by atoms with Crippen LogP contribution in [0.4, 0.5) is 0 Å². The Morgan fingerprint density at radius 3 is 2.58 bits per heavy atom. The summed E-state index contributed by atoms with van der Waals surface area (Å²) >= 11 is 0. The molecule has 110 valence electrons. The van der Waals surface area contributed by atoms with Gasteiger partial charge in [0, 0.05) is 25.2 Å². The van der Waals surface area contributed by atoms with Crippen LogP contribution in [0.2, 0.25) is 0 Å². The van der Waals surface area contributed by atoms with Gasteiger partial charge in [-0.15, -0.1) is 0 Å². The highest BCUT2D eigenvalue weighted by Gasteiger charge is 2.29. The first-order valence-electron chi connectivity index (χ1n) is 6.65. The molecule has 0 radical (unpaired) electrons. The molecule has 1 unspecified atom stereocenters. The molecule has 0 aromatic heterocycles. The van der Waals surface area contributed by atoms with Gasteiger partial charge in [0.2, 0.25) is 5.91 Å². The van der Waals surface area contributed by atoms with E-state index < -0.39 is 5.97 Å². The number of hydrogen-bond acceptors (Lipinski definition) is 4. The summed E-state index contributed by atoms with van der Waals surface area (Å²) in [6.45, 7) is 8.06. The van der Waals surface area contributed by atoms with Crippen molar-refractivity contribution in [3.05, 3.63) is 0 Å². The van der Waals surface area contributed by atoms with Gasteiger partial charge in [0.05, 0.1) is 25.6 Å². The smallest absolute Gasteiger partial charge is 0.305 e. The summed E-state index contributed by atoms with van der Waals surface area (Å²) in [6.07, 6.45) is 0.146. The van der Waals surface area contributed by atoms with Crippen LogP contribution in [0.15, 0.2) is 0 Å². The monoisotopic (exact) mass is 272 g/mol. The molecule has 0 bridgehead atoms. The second-order valence-corrected chi connectivity index (χ2v) is 5.76. The number of carboxylic acids is 1. The molecule has 0 aliphatic carbocycles. The fourth-order valence-corrected chi connectivity index (χ4v) is 2.10. The van der Waals surface area contributed by atoms with Gasteiger partial charge in [-0.2, -0.15) is 0 Å². The molecule has 1 aliphatic heterocycles. The summed E-state index contributed by atoms with van der Waals surface area (Å²) in [5.41, 5.74) is -0.380. The molecular formula is C13H24N2O4. The average Bonchev–Trinajstić information content (AvgIpc) is 2.28. The molecule has 0 spiro atoms. The van der Waals surface area contributed by atoms with Gasteiger partial charge in [-0.05, 0) is 20.8 Å². The number of nitrogens with one attached hydrogen (secondary N) is 1. The Hall–Kier alpha value is -1.14. The van der Waals surface area contributed by atoms with E-state index >= 15 is 0 Å². The summed E-state index contributed by atoms with van der Waals surface area (Å²) in [4.78, 5) is 24.6. The minimum atomic E-state index is -0.891. The maximum absolute atomic E-state index is 12.3. The molecule has 0 saturated carbocycles. The lowest BCUT2D eigenvalue weighted by Crippen LogP contribution is -2.49. The van der Waals surface area contributed by atoms with Crippen molar-refractivity contribution < 1.29 is 19.4 Å². The zero-order valence-electron chi connectivity index (χ0n) is 11.9. The van der Waals surface area contributed by atoms with E-state index in [0.29, 0.717) is 19.6 Å². The van der Waals surface area contributed by atoms with Crippen molar-refractivity contribution in [1.82, 2.24) is 10.2 Å². The molecule has 1 rings (SSSR count). The quantitative estimate of drug-likeness (QED) is 0.760. The molecular weight excluding hydrogens is 248 g/mol. The van der Waals surface area contributed by atoms with Crippen LogP contribution < -0.4 is 5.32 Å². The number of rotatable bonds is 5. The second kappa shape index (κ2) is 6.86. The third kappa shape index (κ3) is 5.57. The van der Waals surface area contributed by atoms with Gasteiger partial charge >= 0.3 is 5.97 Å². The lowest BCUT2D eigenvalue weighted by Gasteiger charge is -2.37. The number of ether oxygens (including phenoxy) is 1. The van der Waals surface area contributed by atoms with E-state index in [4.69, 9.17) is 9.84 Å². The van der Waals surface area contributed by atoms with E-state index in [9.17, 15) is 9.59 Å². The molecule has 1 fully saturated rings. The fraction of sp³-hybridized carbons (Fsp3) is 0.846. The largest absolute Gasteiger partial charge is 0.481 e. The van der Waals surface area contributed by atoms with Gasteiger partial charge in [0.15, 0.2) is 0 Å². The highest BCUT2D eigenvalue weighted by Crippen LogP contribution is 2.17. The molecule has 1 heterocycles. The Morgan fingerprint density at radius 1 is 1.42 bits per heavy atom. The zero-order chi connectivity index (χ0) is 14.5. The topological polar surface area (TPSA) is 78.9 Å². The predicted molar refractivity (Wildman–Crippen MR) is 70.9 cm³/mol. The predicted octanol–water partition coefficient (Wildman–Crippen LogP) is 0.467. The summed E-state index contributed by atoms with van der Waals surface area (Å²) in [7, 11) is 0. The van der Waals surface area contributed by atoms with Crippen LogP contribution in [0.3, 0.4) is 0 Å². The molecule has 1 saturated heterocycles. The summed E-state index contributed by atoms with van der Waals surface area (Å²) in [5, 5.41) is 11.9. The van der Waals surface area contributed by atoms with Gasteiger partial charge in [-0.3, -0.25) is 9.59 Å². The first-order valence-corrected chi connectivity index (χ1v) is 6.65. The van der Waals surface area contributed by atoms with E-state index in [0.717, 1.165) is 6.54 Å². The van der Waals surface area contributed by atoms with Crippen molar-refractivity contribution in [2.75, 3.05) is 26.2 Å². The van der Waals surface area contributed by atoms with Crippen molar-refractivity contribution in [2.45, 2.75) is 45.3 Å². The number of amides is 1. The normalized spacial score (nSPS) is 20.1. The highest BCUT2D eigenvalue weighted by atomic mass is 16.5. The fourth-order valence-electron chi connectivity index (χ4n) is 2.10. The molecule has 1 amide bonds. The Bertz CT molecular complexity index is 319. The molecule has 6 nitrogen and oxygen atoms in total. The third-order valence-electron chi connectivity index (χ3n) is 3.07. The van der Waals surface area contributed by atoms with E-state index in [2.05, 4.69) is 5.32 Å². The Kier molecular flexibility index (Phi) is 5.75. The van der Waals surface area contributed by atoms with Gasteiger partial charge in [0.25, 0.3) is 0 Å². The van der Waals surface area contributed by atoms with Crippen LogP contribution >= 0.6 is 0 Å². The number of morpholine rings is 1. The lowest BCUT2D eigenvalue weighted by atomic mass is 10.0. The Morgan fingerprint density at radius 2 is 2.11 bits per heavy atom. The van der Waals surface area contributed by atoms with Crippen LogP contribution in [0, 0.1) is 0 Å². The van der Waals surface area contributed by atoms with E-state index in [-0.39, 0.29) is 30.5 Å². The highest BCUT2D eigenvalue weighted by molar-refractivity contribution is 5.78. The van der Waals surface area contributed by atoms with Crippen LogP contribution in [0.1, 0.15) is 33.6 Å². The molecule has 19 heavy (non-hydrogen) atoms. The lowest BCUT2D eigenvalue weighted by molar-refractivity contribution is -0.142. The van der Waals surface area contributed by atoms with Crippen LogP contribution in [0.5, 0.6) is 0 Å². The Labute approximate surface area is 114 Å².